The van der Waals surface area contributed by atoms with Crippen LogP contribution in [0.15, 0.2) is 69.5 Å². The average Bonchev–Trinajstić information content (AvgIpc) is 3.99. The van der Waals surface area contributed by atoms with Crippen molar-refractivity contribution in [2.24, 2.45) is 11.8 Å². The molecule has 2 aliphatic rings. The molecule has 0 bridgehead atoms. The van der Waals surface area contributed by atoms with Crippen LogP contribution in [0.5, 0.6) is 0 Å². The second kappa shape index (κ2) is 15.2. The van der Waals surface area contributed by atoms with Crippen molar-refractivity contribution in [3.05, 3.63) is 72.4 Å². The third-order valence-corrected chi connectivity index (χ3v) is 10.3. The van der Waals surface area contributed by atoms with Crippen molar-refractivity contribution >= 4 is 46.2 Å². The summed E-state index contributed by atoms with van der Waals surface area (Å²) in [6.07, 6.45) is 0.932. The highest BCUT2D eigenvalue weighted by Gasteiger charge is 2.41. The predicted octanol–water partition coefficient (Wildman–Crippen LogP) is 6.61. The van der Waals surface area contributed by atoms with Crippen LogP contribution in [0, 0.1) is 11.8 Å². The van der Waals surface area contributed by atoms with Gasteiger partial charge in [0.15, 0.2) is 11.2 Å². The summed E-state index contributed by atoms with van der Waals surface area (Å²) < 4.78 is 21.9. The number of amides is 4. The summed E-state index contributed by atoms with van der Waals surface area (Å²) in [5.74, 6) is 0.642. The summed E-state index contributed by atoms with van der Waals surface area (Å²) in [4.78, 5) is 62.9. The predicted molar refractivity (Wildman–Crippen MR) is 199 cm³/mol. The Morgan fingerprint density at radius 1 is 0.796 bits per heavy atom. The SMILES string of the molecule is COC(=O)NCC(=O)N1CCC[C@H]1c1nc2ccc(-c3ccc(-c4ccc5nc(C6C[C@H](C)CN6C(=O)[C@@H](NC(=O)OC)C(C)C)oc5c4)cc3)cc2o1. The highest BCUT2D eigenvalue weighted by Crippen LogP contribution is 2.38. The van der Waals surface area contributed by atoms with E-state index in [2.05, 4.69) is 22.3 Å². The summed E-state index contributed by atoms with van der Waals surface area (Å²) in [5, 5.41) is 5.14. The number of carbonyl (C=O) groups is 4. The van der Waals surface area contributed by atoms with Gasteiger partial charge in [-0.15, -0.1) is 0 Å². The normalized spacial score (nSPS) is 19.0. The summed E-state index contributed by atoms with van der Waals surface area (Å²) in [7, 11) is 2.53. The quantitative estimate of drug-likeness (QED) is 0.168. The van der Waals surface area contributed by atoms with Gasteiger partial charge < -0.3 is 38.7 Å². The van der Waals surface area contributed by atoms with Crippen LogP contribution in [0.3, 0.4) is 0 Å². The van der Waals surface area contributed by atoms with E-state index in [0.717, 1.165) is 35.1 Å². The number of hydrogen-bond acceptors (Lipinski definition) is 10. The van der Waals surface area contributed by atoms with Gasteiger partial charge in [-0.3, -0.25) is 9.59 Å². The molecule has 2 fully saturated rings. The van der Waals surface area contributed by atoms with Crippen LogP contribution < -0.4 is 10.6 Å². The molecular formula is C40H44N6O8. The van der Waals surface area contributed by atoms with E-state index in [9.17, 15) is 19.2 Å². The molecule has 3 aromatic carbocycles. The molecule has 14 nitrogen and oxygen atoms in total. The van der Waals surface area contributed by atoms with E-state index in [4.69, 9.17) is 23.5 Å². The van der Waals surface area contributed by atoms with Crippen molar-refractivity contribution in [2.45, 2.75) is 58.2 Å². The van der Waals surface area contributed by atoms with Gasteiger partial charge in [-0.2, -0.15) is 0 Å². The molecular weight excluding hydrogens is 692 g/mol. The van der Waals surface area contributed by atoms with Crippen molar-refractivity contribution in [1.82, 2.24) is 30.4 Å². The largest absolute Gasteiger partial charge is 0.453 e. The van der Waals surface area contributed by atoms with Crippen LogP contribution in [0.2, 0.25) is 0 Å². The average molecular weight is 737 g/mol. The van der Waals surface area contributed by atoms with Crippen LogP contribution in [0.1, 0.15) is 63.9 Å². The Kier molecular flexibility index (Phi) is 10.3. The molecule has 2 aliphatic heterocycles. The number of nitrogens with zero attached hydrogens (tertiary/aromatic N) is 4. The van der Waals surface area contributed by atoms with Gasteiger partial charge in [-0.05, 0) is 77.6 Å². The number of hydrogen-bond donors (Lipinski definition) is 2. The monoisotopic (exact) mass is 736 g/mol. The van der Waals surface area contributed by atoms with Gasteiger partial charge in [-0.25, -0.2) is 19.6 Å². The number of benzene rings is 3. The molecule has 2 N–H and O–H groups in total. The van der Waals surface area contributed by atoms with E-state index >= 15 is 0 Å². The first-order valence-electron chi connectivity index (χ1n) is 18.2. The van der Waals surface area contributed by atoms with Gasteiger partial charge in [0.25, 0.3) is 0 Å². The number of nitrogens with one attached hydrogen (secondary N) is 2. The van der Waals surface area contributed by atoms with Crippen LogP contribution in [0.25, 0.3) is 44.5 Å². The minimum Gasteiger partial charge on any atom is -0.453 e. The number of fused-ring (bicyclic) bond motifs is 2. The lowest BCUT2D eigenvalue weighted by Crippen LogP contribution is -2.51. The molecule has 0 aliphatic carbocycles. The van der Waals surface area contributed by atoms with E-state index < -0.39 is 18.2 Å². The smallest absolute Gasteiger partial charge is 0.407 e. The molecule has 5 aromatic rings. The Hall–Kier alpha value is -5.92. The molecule has 282 valence electrons. The Morgan fingerprint density at radius 3 is 1.91 bits per heavy atom. The van der Waals surface area contributed by atoms with Crippen molar-refractivity contribution in [1.29, 1.82) is 0 Å². The lowest BCUT2D eigenvalue weighted by atomic mass is 10.00. The number of ether oxygens (including phenoxy) is 2. The van der Waals surface area contributed by atoms with E-state index in [1.54, 1.807) is 9.80 Å². The van der Waals surface area contributed by atoms with Crippen LogP contribution in [-0.2, 0) is 19.1 Å². The van der Waals surface area contributed by atoms with Crippen molar-refractivity contribution < 1.29 is 37.5 Å². The maximum atomic E-state index is 13.7. The third kappa shape index (κ3) is 7.32. The van der Waals surface area contributed by atoms with Crippen molar-refractivity contribution in [3.8, 4) is 22.3 Å². The fourth-order valence-electron chi connectivity index (χ4n) is 7.43. The molecule has 0 saturated carbocycles. The maximum absolute atomic E-state index is 13.7. The molecule has 4 amide bonds. The standard InChI is InChI=1S/C40H44N6O8/c1-22(2)35(44-40(50)52-5)38(48)46-21-23(3)17-31(46)37-43-29-15-13-27(19-33(29)54-37)25-10-8-24(9-11-25)26-12-14-28-32(18-26)53-36(42-28)30-7-6-16-45(30)34(47)20-41-39(49)51-4/h8-15,18-19,22-23,30-31,35H,6-7,16-17,20-21H2,1-5H3,(H,41,49)(H,44,50)/t23-,30-,31?,35-/m0/s1. The zero-order valence-corrected chi connectivity index (χ0v) is 31.0. The van der Waals surface area contributed by atoms with E-state index in [1.807, 2.05) is 74.5 Å². The number of methoxy groups -OCH3 is 2. The summed E-state index contributed by atoms with van der Waals surface area (Å²) in [5.41, 5.74) is 6.56. The first-order chi connectivity index (χ1) is 26.0. The minimum atomic E-state index is -0.733. The number of aromatic nitrogens is 2. The molecule has 0 spiro atoms. The fraction of sp³-hybridized carbons (Fsp3) is 0.400. The Morgan fingerprint density at radius 2 is 1.35 bits per heavy atom. The highest BCUT2D eigenvalue weighted by molar-refractivity contribution is 5.87. The van der Waals surface area contributed by atoms with E-state index in [1.165, 1.54) is 14.2 Å². The summed E-state index contributed by atoms with van der Waals surface area (Å²) in [6, 6.07) is 18.6. The number of rotatable bonds is 9. The molecule has 14 heteroatoms. The van der Waals surface area contributed by atoms with Crippen LogP contribution in [0.4, 0.5) is 9.59 Å². The molecule has 2 saturated heterocycles. The minimum absolute atomic E-state index is 0.139. The second-order valence-corrected chi connectivity index (χ2v) is 14.3. The zero-order valence-electron chi connectivity index (χ0n) is 31.0. The van der Waals surface area contributed by atoms with Crippen molar-refractivity contribution in [2.75, 3.05) is 33.9 Å². The van der Waals surface area contributed by atoms with Crippen LogP contribution in [-0.4, -0.2) is 83.7 Å². The molecule has 7 rings (SSSR count). The molecule has 4 atom stereocenters. The van der Waals surface area contributed by atoms with Gasteiger partial charge in [0.1, 0.15) is 35.7 Å². The first-order valence-corrected chi connectivity index (χ1v) is 18.2. The molecule has 54 heavy (non-hydrogen) atoms. The molecule has 0 radical (unpaired) electrons. The first kappa shape index (κ1) is 36.4. The molecule has 1 unspecified atom stereocenters. The third-order valence-electron chi connectivity index (χ3n) is 10.3. The van der Waals surface area contributed by atoms with Gasteiger partial charge in [0.05, 0.1) is 14.2 Å². The van der Waals surface area contributed by atoms with Gasteiger partial charge in [0, 0.05) is 13.1 Å². The zero-order chi connectivity index (χ0) is 38.1. The lowest BCUT2D eigenvalue weighted by Gasteiger charge is -2.29. The van der Waals surface area contributed by atoms with Gasteiger partial charge in [0.2, 0.25) is 23.6 Å². The summed E-state index contributed by atoms with van der Waals surface area (Å²) in [6.45, 7) is 6.80. The molecule has 4 heterocycles. The number of carbonyl (C=O) groups excluding carboxylic acids is 4. The Bertz CT molecular complexity index is 2190. The summed E-state index contributed by atoms with van der Waals surface area (Å²) >= 11 is 0. The number of oxazole rings is 2. The van der Waals surface area contributed by atoms with Gasteiger partial charge in [-0.1, -0.05) is 57.2 Å². The lowest BCUT2D eigenvalue weighted by molar-refractivity contribution is -0.136. The number of alkyl carbamates (subject to hydrolysis) is 2. The second-order valence-electron chi connectivity index (χ2n) is 14.3. The topological polar surface area (TPSA) is 169 Å². The highest BCUT2D eigenvalue weighted by atomic mass is 16.5. The Balaban J connectivity index is 1.07. The van der Waals surface area contributed by atoms with E-state index in [-0.39, 0.29) is 42.3 Å². The van der Waals surface area contributed by atoms with Crippen molar-refractivity contribution in [3.63, 3.8) is 0 Å². The van der Waals surface area contributed by atoms with E-state index in [0.29, 0.717) is 53.5 Å². The maximum Gasteiger partial charge on any atom is 0.407 e. The number of likely N-dealkylation sites (tertiary alicyclic amines) is 2. The molecule has 2 aromatic heterocycles. The van der Waals surface area contributed by atoms with Gasteiger partial charge >= 0.3 is 12.2 Å². The van der Waals surface area contributed by atoms with Crippen LogP contribution >= 0.6 is 0 Å². The Labute approximate surface area is 312 Å². The fourth-order valence-corrected chi connectivity index (χ4v) is 7.43.